The fourth-order valence-corrected chi connectivity index (χ4v) is 2.72. The van der Waals surface area contributed by atoms with E-state index in [0.717, 1.165) is 19.1 Å². The Bertz CT molecular complexity index is 429. The molecule has 18 heavy (non-hydrogen) atoms. The topological polar surface area (TPSA) is 51.2 Å². The zero-order chi connectivity index (χ0) is 13.8. The van der Waals surface area contributed by atoms with Crippen LogP contribution in [-0.4, -0.2) is 18.5 Å². The molecule has 0 amide bonds. The van der Waals surface area contributed by atoms with Crippen LogP contribution in [0.4, 0.5) is 0 Å². The van der Waals surface area contributed by atoms with E-state index in [4.69, 9.17) is 0 Å². The van der Waals surface area contributed by atoms with Gasteiger partial charge in [0, 0.05) is 0 Å². The molecule has 1 aliphatic carbocycles. The summed E-state index contributed by atoms with van der Waals surface area (Å²) in [5.74, 6) is 1.49. The van der Waals surface area contributed by atoms with Crippen LogP contribution < -0.4 is 0 Å². The Morgan fingerprint density at radius 3 is 2.50 bits per heavy atom. The van der Waals surface area contributed by atoms with Crippen molar-refractivity contribution in [1.29, 1.82) is 0 Å². The lowest BCUT2D eigenvalue weighted by molar-refractivity contribution is -0.105. The van der Waals surface area contributed by atoms with E-state index >= 15 is 0 Å². The average molecular weight is 246 g/mol. The van der Waals surface area contributed by atoms with Gasteiger partial charge in [-0.15, -0.1) is 6.58 Å². The Hall–Kier alpha value is -1.73. The maximum Gasteiger partial charge on any atom is 0.157 e. The highest BCUT2D eigenvalue weighted by Crippen LogP contribution is 2.48. The first-order chi connectivity index (χ1) is 8.52. The minimum Gasteiger partial charge on any atom is -0.298 e. The molecule has 3 heteroatoms. The number of aldehydes is 2. The third-order valence-electron chi connectivity index (χ3n) is 4.10. The van der Waals surface area contributed by atoms with Gasteiger partial charge in [-0.05, 0) is 42.1 Å². The van der Waals surface area contributed by atoms with Crippen LogP contribution in [0.25, 0.3) is 0 Å². The Balaban J connectivity index is 3.03. The van der Waals surface area contributed by atoms with Gasteiger partial charge in [-0.1, -0.05) is 19.6 Å². The van der Waals surface area contributed by atoms with E-state index in [2.05, 4.69) is 13.2 Å². The molecule has 3 nitrogen and oxygen atoms in total. The average Bonchev–Trinajstić information content (AvgIpc) is 2.41. The maximum atomic E-state index is 10.9. The summed E-state index contributed by atoms with van der Waals surface area (Å²) in [6, 6.07) is 0. The predicted octanol–water partition coefficient (Wildman–Crippen LogP) is 2.31. The van der Waals surface area contributed by atoms with Gasteiger partial charge in [0.15, 0.2) is 6.29 Å². The summed E-state index contributed by atoms with van der Waals surface area (Å²) in [7, 11) is 0. The highest BCUT2D eigenvalue weighted by atomic mass is 16.1. The van der Waals surface area contributed by atoms with E-state index in [1.807, 2.05) is 13.0 Å². The molecule has 0 heterocycles. The van der Waals surface area contributed by atoms with Crippen LogP contribution in [0.3, 0.4) is 0 Å². The van der Waals surface area contributed by atoms with E-state index in [0.29, 0.717) is 18.3 Å². The van der Waals surface area contributed by atoms with Crippen LogP contribution in [0.1, 0.15) is 26.2 Å². The van der Waals surface area contributed by atoms with E-state index in [9.17, 15) is 14.4 Å². The number of hydrogen-bond acceptors (Lipinski definition) is 3. The minimum atomic E-state index is -0.203. The maximum absolute atomic E-state index is 10.9. The molecule has 0 spiro atoms. The van der Waals surface area contributed by atoms with Crippen LogP contribution >= 0.6 is 0 Å². The fourth-order valence-electron chi connectivity index (χ4n) is 2.72. The number of hydrogen-bond donors (Lipinski definition) is 0. The molecule has 0 bridgehead atoms. The largest absolute Gasteiger partial charge is 0.298 e. The van der Waals surface area contributed by atoms with Crippen molar-refractivity contribution in [2.45, 2.75) is 26.2 Å². The van der Waals surface area contributed by atoms with Gasteiger partial charge in [0.25, 0.3) is 0 Å². The molecule has 1 rings (SSSR count). The van der Waals surface area contributed by atoms with Crippen molar-refractivity contribution in [2.24, 2.45) is 17.3 Å². The van der Waals surface area contributed by atoms with E-state index in [-0.39, 0.29) is 22.8 Å². The monoisotopic (exact) mass is 246 g/mol. The van der Waals surface area contributed by atoms with Crippen molar-refractivity contribution in [1.82, 2.24) is 0 Å². The third kappa shape index (κ3) is 2.57. The van der Waals surface area contributed by atoms with Crippen LogP contribution in [0.15, 0.2) is 30.4 Å². The zero-order valence-corrected chi connectivity index (χ0v) is 10.6. The molecule has 1 saturated carbocycles. The molecular weight excluding hydrogens is 228 g/mol. The molecule has 0 aromatic rings. The zero-order valence-electron chi connectivity index (χ0n) is 10.6. The minimum absolute atomic E-state index is 0.0745. The van der Waals surface area contributed by atoms with Gasteiger partial charge in [0.1, 0.15) is 12.2 Å². The van der Waals surface area contributed by atoms with Crippen LogP contribution in [0.2, 0.25) is 0 Å². The summed E-state index contributed by atoms with van der Waals surface area (Å²) >= 11 is 0. The predicted molar refractivity (Wildman–Crippen MR) is 69.6 cm³/mol. The second kappa shape index (κ2) is 5.74. The summed E-state index contributed by atoms with van der Waals surface area (Å²) in [6.45, 7) is 9.62. The SMILES string of the molecule is C=CC1(C)CCC(C(=C=O)C=O)CC1C(=C)C=O. The smallest absolute Gasteiger partial charge is 0.157 e. The van der Waals surface area contributed by atoms with E-state index in [1.165, 1.54) is 0 Å². The summed E-state index contributed by atoms with van der Waals surface area (Å²) in [5.41, 5.74) is 0.453. The Morgan fingerprint density at radius 1 is 1.39 bits per heavy atom. The molecule has 1 aliphatic rings. The molecule has 0 aliphatic heterocycles. The Morgan fingerprint density at radius 2 is 2.06 bits per heavy atom. The molecule has 0 N–H and O–H groups in total. The molecule has 3 atom stereocenters. The highest BCUT2D eigenvalue weighted by Gasteiger charge is 2.40. The van der Waals surface area contributed by atoms with E-state index < -0.39 is 0 Å². The van der Waals surface area contributed by atoms with Crippen molar-refractivity contribution in [3.05, 3.63) is 30.4 Å². The molecular formula is C15H18O3. The summed E-state index contributed by atoms with van der Waals surface area (Å²) in [5, 5.41) is 0. The van der Waals surface area contributed by atoms with Gasteiger partial charge in [0.2, 0.25) is 0 Å². The quantitative estimate of drug-likeness (QED) is 0.324. The molecule has 0 aromatic carbocycles. The molecule has 96 valence electrons. The second-order valence-corrected chi connectivity index (χ2v) is 5.10. The normalized spacial score (nSPS) is 30.9. The second-order valence-electron chi connectivity index (χ2n) is 5.10. The van der Waals surface area contributed by atoms with Crippen LogP contribution in [-0.2, 0) is 14.4 Å². The highest BCUT2D eigenvalue weighted by molar-refractivity contribution is 5.86. The third-order valence-corrected chi connectivity index (χ3v) is 4.10. The van der Waals surface area contributed by atoms with Gasteiger partial charge in [-0.3, -0.25) is 9.59 Å². The van der Waals surface area contributed by atoms with Crippen molar-refractivity contribution < 1.29 is 14.4 Å². The summed E-state index contributed by atoms with van der Waals surface area (Å²) in [6.07, 6.45) is 5.23. The van der Waals surface area contributed by atoms with Crippen molar-refractivity contribution in [2.75, 3.05) is 0 Å². The van der Waals surface area contributed by atoms with Crippen LogP contribution in [0.5, 0.6) is 0 Å². The van der Waals surface area contributed by atoms with Gasteiger partial charge < -0.3 is 0 Å². The number of allylic oxidation sites excluding steroid dienone is 3. The van der Waals surface area contributed by atoms with Crippen molar-refractivity contribution in [3.63, 3.8) is 0 Å². The lowest BCUT2D eigenvalue weighted by Crippen LogP contribution is -2.35. The first kappa shape index (κ1) is 14.3. The lowest BCUT2D eigenvalue weighted by atomic mass is 9.61. The number of carbonyl (C=O) groups excluding carboxylic acids is 3. The van der Waals surface area contributed by atoms with E-state index in [1.54, 1.807) is 5.94 Å². The van der Waals surface area contributed by atoms with Crippen molar-refractivity contribution >= 4 is 18.5 Å². The Labute approximate surface area is 107 Å². The fraction of sp³-hybridized carbons (Fsp3) is 0.467. The Kier molecular flexibility index (Phi) is 4.57. The van der Waals surface area contributed by atoms with Crippen molar-refractivity contribution in [3.8, 4) is 0 Å². The standard InChI is InChI=1S/C15H18O3/c1-4-15(3)6-5-12(13(9-17)10-18)7-14(15)11(2)8-16/h4,8-9,12,14H,1-2,5-7H2,3H3. The first-order valence-corrected chi connectivity index (χ1v) is 6.00. The first-order valence-electron chi connectivity index (χ1n) is 6.00. The van der Waals surface area contributed by atoms with Gasteiger partial charge in [-0.25, -0.2) is 4.79 Å². The lowest BCUT2D eigenvalue weighted by Gasteiger charge is -2.42. The summed E-state index contributed by atoms with van der Waals surface area (Å²) in [4.78, 5) is 32.4. The molecule has 0 aromatic heterocycles. The summed E-state index contributed by atoms with van der Waals surface area (Å²) < 4.78 is 0. The van der Waals surface area contributed by atoms with Gasteiger partial charge in [0.05, 0.1) is 5.57 Å². The van der Waals surface area contributed by atoms with Gasteiger partial charge in [-0.2, -0.15) is 0 Å². The van der Waals surface area contributed by atoms with Crippen LogP contribution in [0, 0.1) is 17.3 Å². The number of carbonyl (C=O) groups is 2. The molecule has 3 unspecified atom stereocenters. The van der Waals surface area contributed by atoms with Gasteiger partial charge >= 0.3 is 0 Å². The molecule has 0 saturated heterocycles. The molecule has 0 radical (unpaired) electrons. The number of rotatable bonds is 5. The molecule has 1 fully saturated rings.